The Bertz CT molecular complexity index is 293. The van der Waals surface area contributed by atoms with Gasteiger partial charge in [-0.2, -0.15) is 0 Å². The van der Waals surface area contributed by atoms with Gasteiger partial charge in [0.15, 0.2) is 11.7 Å². The van der Waals surface area contributed by atoms with Crippen molar-refractivity contribution in [3.8, 4) is 0 Å². The quantitative estimate of drug-likeness (QED) is 0.287. The molecule has 1 unspecified atom stereocenters. The topological polar surface area (TPSA) is 57.5 Å². The van der Waals surface area contributed by atoms with Gasteiger partial charge in [-0.05, 0) is 31.1 Å². The summed E-state index contributed by atoms with van der Waals surface area (Å²) in [6.45, 7) is 8.13. The van der Waals surface area contributed by atoms with Gasteiger partial charge in [0, 0.05) is 5.41 Å². The van der Waals surface area contributed by atoms with Crippen LogP contribution in [0.15, 0.2) is 5.76 Å². The van der Waals surface area contributed by atoms with Crippen LogP contribution in [0.3, 0.4) is 0 Å². The van der Waals surface area contributed by atoms with Gasteiger partial charge in [0.2, 0.25) is 0 Å². The average Bonchev–Trinajstić information content (AvgIpc) is 2.42. The summed E-state index contributed by atoms with van der Waals surface area (Å²) >= 11 is 0. The zero-order valence-corrected chi connectivity index (χ0v) is 12.1. The maximum atomic E-state index is 10.9. The van der Waals surface area contributed by atoms with Gasteiger partial charge < -0.3 is 10.1 Å². The van der Waals surface area contributed by atoms with Crippen molar-refractivity contribution in [2.24, 2.45) is 10.8 Å². The SMILES string of the molecule is CCC(CC)(CCC[B]O)C(C)(CC)C(O)=C=O. The van der Waals surface area contributed by atoms with Crippen LogP contribution in [0.25, 0.3) is 0 Å². The first-order valence-electron chi connectivity index (χ1n) is 6.88. The van der Waals surface area contributed by atoms with E-state index in [0.717, 1.165) is 25.7 Å². The molecule has 0 rings (SSSR count). The largest absolute Gasteiger partial charge is 0.502 e. The molecule has 18 heavy (non-hydrogen) atoms. The Balaban J connectivity index is 5.32. The number of aliphatic hydroxyl groups excluding tert-OH is 1. The molecule has 3 nitrogen and oxygen atoms in total. The third-order valence-electron chi connectivity index (χ3n) is 4.84. The molecule has 2 N–H and O–H groups in total. The number of rotatable bonds is 9. The van der Waals surface area contributed by atoms with E-state index < -0.39 is 5.41 Å². The van der Waals surface area contributed by atoms with Gasteiger partial charge in [0.05, 0.1) is 0 Å². The molecular formula is C14H26BO3. The molecule has 0 saturated heterocycles. The first-order chi connectivity index (χ1) is 8.47. The second kappa shape index (κ2) is 7.65. The lowest BCUT2D eigenvalue weighted by atomic mass is 9.57. The molecule has 0 aromatic heterocycles. The van der Waals surface area contributed by atoms with Crippen molar-refractivity contribution in [3.05, 3.63) is 5.76 Å². The number of hydrogen-bond donors (Lipinski definition) is 2. The molecular weight excluding hydrogens is 227 g/mol. The van der Waals surface area contributed by atoms with Gasteiger partial charge in [0.25, 0.3) is 7.48 Å². The molecule has 0 saturated carbocycles. The molecule has 0 aliphatic rings. The van der Waals surface area contributed by atoms with Gasteiger partial charge >= 0.3 is 0 Å². The standard InChI is InChI=1S/C14H26BO3/c1-5-13(4,12(17)11-16)14(6-2,7-3)9-8-10-15-18/h17-18H,5-10H2,1-4H3. The highest BCUT2D eigenvalue weighted by atomic mass is 16.3. The van der Waals surface area contributed by atoms with Crippen LogP contribution in [-0.4, -0.2) is 23.6 Å². The monoisotopic (exact) mass is 253 g/mol. The zero-order valence-electron chi connectivity index (χ0n) is 12.1. The maximum Gasteiger partial charge on any atom is 0.287 e. The van der Waals surface area contributed by atoms with Crippen LogP contribution < -0.4 is 0 Å². The van der Waals surface area contributed by atoms with E-state index in [-0.39, 0.29) is 11.2 Å². The van der Waals surface area contributed by atoms with Crippen LogP contribution >= 0.6 is 0 Å². The Morgan fingerprint density at radius 2 is 1.78 bits per heavy atom. The maximum absolute atomic E-state index is 10.9. The molecule has 103 valence electrons. The van der Waals surface area contributed by atoms with Crippen molar-refractivity contribution in [3.63, 3.8) is 0 Å². The lowest BCUT2D eigenvalue weighted by molar-refractivity contribution is 0.0238. The van der Waals surface area contributed by atoms with Gasteiger partial charge in [-0.1, -0.05) is 40.4 Å². The molecule has 0 heterocycles. The fourth-order valence-corrected chi connectivity index (χ4v) is 3.10. The number of aliphatic hydroxyl groups is 1. The van der Waals surface area contributed by atoms with Gasteiger partial charge in [-0.3, -0.25) is 0 Å². The average molecular weight is 253 g/mol. The second-order valence-electron chi connectivity index (χ2n) is 5.20. The fraction of sp³-hybridized carbons (Fsp3) is 0.857. The Morgan fingerprint density at radius 3 is 2.11 bits per heavy atom. The fourth-order valence-electron chi connectivity index (χ4n) is 3.10. The molecule has 0 fully saturated rings. The summed E-state index contributed by atoms with van der Waals surface area (Å²) in [4.78, 5) is 10.9. The molecule has 0 aliphatic heterocycles. The van der Waals surface area contributed by atoms with E-state index >= 15 is 0 Å². The van der Waals surface area contributed by atoms with Crippen molar-refractivity contribution in [2.45, 2.75) is 66.1 Å². The van der Waals surface area contributed by atoms with E-state index in [1.165, 1.54) is 7.48 Å². The van der Waals surface area contributed by atoms with Crippen molar-refractivity contribution >= 4 is 13.4 Å². The van der Waals surface area contributed by atoms with Crippen LogP contribution in [0.5, 0.6) is 0 Å². The van der Waals surface area contributed by atoms with E-state index in [2.05, 4.69) is 13.8 Å². The minimum absolute atomic E-state index is 0.119. The Kier molecular flexibility index (Phi) is 7.34. The molecule has 0 aliphatic carbocycles. The van der Waals surface area contributed by atoms with Crippen LogP contribution in [0, 0.1) is 10.8 Å². The number of hydrogen-bond acceptors (Lipinski definition) is 3. The molecule has 0 aromatic rings. The molecule has 4 heteroatoms. The summed E-state index contributed by atoms with van der Waals surface area (Å²) < 4.78 is 0. The van der Waals surface area contributed by atoms with E-state index in [4.69, 9.17) is 5.02 Å². The van der Waals surface area contributed by atoms with E-state index in [0.29, 0.717) is 12.7 Å². The summed E-state index contributed by atoms with van der Waals surface area (Å²) in [5.41, 5.74) is -0.653. The minimum Gasteiger partial charge on any atom is -0.502 e. The smallest absolute Gasteiger partial charge is 0.287 e. The van der Waals surface area contributed by atoms with Crippen LogP contribution in [0.4, 0.5) is 0 Å². The molecule has 0 spiro atoms. The third-order valence-corrected chi connectivity index (χ3v) is 4.84. The van der Waals surface area contributed by atoms with Crippen LogP contribution in [-0.2, 0) is 4.79 Å². The molecule has 0 amide bonds. The number of carbonyl (C=O) groups excluding carboxylic acids is 1. The second-order valence-corrected chi connectivity index (χ2v) is 5.20. The highest BCUT2D eigenvalue weighted by Crippen LogP contribution is 2.53. The lowest BCUT2D eigenvalue weighted by Crippen LogP contribution is -2.41. The van der Waals surface area contributed by atoms with Crippen LogP contribution in [0.2, 0.25) is 6.32 Å². The molecule has 0 aromatic carbocycles. The van der Waals surface area contributed by atoms with E-state index in [1.807, 2.05) is 13.8 Å². The van der Waals surface area contributed by atoms with Crippen LogP contribution in [0.1, 0.15) is 59.8 Å². The van der Waals surface area contributed by atoms with Crippen molar-refractivity contribution in [2.75, 3.05) is 0 Å². The van der Waals surface area contributed by atoms with Crippen molar-refractivity contribution < 1.29 is 14.9 Å². The number of allylic oxidation sites excluding steroid dienone is 1. The highest BCUT2D eigenvalue weighted by molar-refractivity contribution is 6.25. The predicted molar refractivity (Wildman–Crippen MR) is 75.3 cm³/mol. The van der Waals surface area contributed by atoms with E-state index in [9.17, 15) is 9.90 Å². The predicted octanol–water partition coefficient (Wildman–Crippen LogP) is 3.29. The molecule has 1 atom stereocenters. The van der Waals surface area contributed by atoms with Gasteiger partial charge in [-0.25, -0.2) is 4.79 Å². The first-order valence-corrected chi connectivity index (χ1v) is 6.88. The van der Waals surface area contributed by atoms with Gasteiger partial charge in [0.1, 0.15) is 0 Å². The van der Waals surface area contributed by atoms with Crippen molar-refractivity contribution in [1.82, 2.24) is 0 Å². The highest BCUT2D eigenvalue weighted by Gasteiger charge is 2.47. The summed E-state index contributed by atoms with van der Waals surface area (Å²) in [7, 11) is 1.18. The van der Waals surface area contributed by atoms with Crippen molar-refractivity contribution in [1.29, 1.82) is 0 Å². The Hall–Kier alpha value is -0.725. The third kappa shape index (κ3) is 3.18. The molecule has 0 bridgehead atoms. The van der Waals surface area contributed by atoms with Gasteiger partial charge in [-0.15, -0.1) is 0 Å². The summed E-state index contributed by atoms with van der Waals surface area (Å²) in [6, 6.07) is 0. The Labute approximate surface area is 112 Å². The normalized spacial score (nSPS) is 14.7. The van der Waals surface area contributed by atoms with E-state index in [1.54, 1.807) is 5.94 Å². The minimum atomic E-state index is -0.534. The lowest BCUT2D eigenvalue weighted by Gasteiger charge is -2.47. The first kappa shape index (κ1) is 17.3. The molecule has 1 radical (unpaired) electrons. The Morgan fingerprint density at radius 1 is 1.22 bits per heavy atom. The zero-order chi connectivity index (χ0) is 14.2. The summed E-state index contributed by atoms with van der Waals surface area (Å²) in [6.07, 6.45) is 4.88. The summed E-state index contributed by atoms with van der Waals surface area (Å²) in [5, 5.41) is 18.7. The summed E-state index contributed by atoms with van der Waals surface area (Å²) in [5.74, 6) is 1.52.